The lowest BCUT2D eigenvalue weighted by atomic mass is 9.75. The normalized spacial score (nSPS) is 36.9. The molecule has 2 saturated carbocycles. The fraction of sp³-hybridized carbons (Fsp3) is 0.571. The summed E-state index contributed by atoms with van der Waals surface area (Å²) in [5.41, 5.74) is 7.40. The van der Waals surface area contributed by atoms with Crippen LogP contribution >= 0.6 is 11.6 Å². The second-order valence-electron chi connectivity index (χ2n) is 5.31. The Labute approximate surface area is 102 Å². The summed E-state index contributed by atoms with van der Waals surface area (Å²) < 4.78 is 0. The second kappa shape index (κ2) is 4.05. The lowest BCUT2D eigenvalue weighted by Crippen LogP contribution is -2.27. The largest absolute Gasteiger partial charge is 0.330 e. The highest BCUT2D eigenvalue weighted by molar-refractivity contribution is 6.30. The Morgan fingerprint density at radius 2 is 1.81 bits per heavy atom. The third-order valence-electron chi connectivity index (χ3n) is 4.62. The van der Waals surface area contributed by atoms with Crippen LogP contribution in [0.1, 0.15) is 30.7 Å². The Balaban J connectivity index is 1.91. The number of fused-ring (bicyclic) bond motifs is 2. The van der Waals surface area contributed by atoms with Crippen molar-refractivity contribution in [2.45, 2.75) is 25.2 Å². The van der Waals surface area contributed by atoms with E-state index in [1.807, 2.05) is 12.1 Å². The number of hydrogen-bond acceptors (Lipinski definition) is 1. The van der Waals surface area contributed by atoms with Crippen LogP contribution in [0.5, 0.6) is 0 Å². The summed E-state index contributed by atoms with van der Waals surface area (Å²) in [6.45, 7) is 0.842. The van der Waals surface area contributed by atoms with Gasteiger partial charge in [-0.2, -0.15) is 0 Å². The van der Waals surface area contributed by atoms with Crippen molar-refractivity contribution in [3.05, 3.63) is 34.9 Å². The molecule has 2 N–H and O–H groups in total. The minimum absolute atomic E-state index is 0.695. The summed E-state index contributed by atoms with van der Waals surface area (Å²) >= 11 is 5.94. The van der Waals surface area contributed by atoms with Gasteiger partial charge in [-0.3, -0.25) is 0 Å². The summed E-state index contributed by atoms with van der Waals surface area (Å²) in [5.74, 6) is 3.16. The zero-order chi connectivity index (χ0) is 11.1. The topological polar surface area (TPSA) is 26.0 Å². The van der Waals surface area contributed by atoms with E-state index >= 15 is 0 Å². The molecule has 0 radical (unpaired) electrons. The number of rotatable bonds is 2. The van der Waals surface area contributed by atoms with Gasteiger partial charge in [-0.05, 0) is 67.2 Å². The Morgan fingerprint density at radius 3 is 2.50 bits per heavy atom. The first-order valence-corrected chi connectivity index (χ1v) is 6.63. The summed E-state index contributed by atoms with van der Waals surface area (Å²) in [6, 6.07) is 8.40. The van der Waals surface area contributed by atoms with Crippen LogP contribution in [-0.2, 0) is 0 Å². The van der Waals surface area contributed by atoms with Gasteiger partial charge in [0.1, 0.15) is 0 Å². The monoisotopic (exact) mass is 235 g/mol. The number of nitrogens with two attached hydrogens (primary N) is 1. The summed E-state index contributed by atoms with van der Waals surface area (Å²) in [4.78, 5) is 0. The van der Waals surface area contributed by atoms with Crippen LogP contribution in [0.25, 0.3) is 0 Å². The van der Waals surface area contributed by atoms with Gasteiger partial charge in [0, 0.05) is 5.02 Å². The molecule has 3 rings (SSSR count). The number of halogens is 1. The smallest absolute Gasteiger partial charge is 0.0406 e. The maximum absolute atomic E-state index is 5.95. The first kappa shape index (κ1) is 10.6. The van der Waals surface area contributed by atoms with Gasteiger partial charge < -0.3 is 5.73 Å². The van der Waals surface area contributed by atoms with Crippen molar-refractivity contribution in [2.24, 2.45) is 23.5 Å². The standard InChI is InChI=1S/C14H18ClN/c15-12-5-3-9(4-6-12)14-11-2-1-10(7-11)13(14)8-16/h3-6,10-11,13-14H,1-2,7-8,16H2/t10-,11+,13-,14+/m1/s1. The minimum Gasteiger partial charge on any atom is -0.330 e. The van der Waals surface area contributed by atoms with Crippen LogP contribution in [0.2, 0.25) is 5.02 Å². The third kappa shape index (κ3) is 1.57. The molecule has 2 aliphatic rings. The Bertz CT molecular complexity index is 373. The Morgan fingerprint density at radius 1 is 1.12 bits per heavy atom. The van der Waals surface area contributed by atoms with E-state index in [4.69, 9.17) is 17.3 Å². The molecule has 0 heterocycles. The molecule has 0 aromatic heterocycles. The maximum atomic E-state index is 5.95. The van der Waals surface area contributed by atoms with Gasteiger partial charge in [-0.1, -0.05) is 23.7 Å². The molecule has 2 fully saturated rings. The molecule has 1 aromatic rings. The van der Waals surface area contributed by atoms with Crippen LogP contribution in [0.4, 0.5) is 0 Å². The van der Waals surface area contributed by atoms with Crippen LogP contribution in [0.15, 0.2) is 24.3 Å². The molecule has 1 aromatic carbocycles. The van der Waals surface area contributed by atoms with Crippen molar-refractivity contribution in [2.75, 3.05) is 6.54 Å². The Kier molecular flexibility index (Phi) is 2.68. The number of benzene rings is 1. The van der Waals surface area contributed by atoms with Gasteiger partial charge in [-0.25, -0.2) is 0 Å². The van der Waals surface area contributed by atoms with Gasteiger partial charge in [0.2, 0.25) is 0 Å². The fourth-order valence-corrected chi connectivity index (χ4v) is 4.08. The van der Waals surface area contributed by atoms with E-state index in [0.717, 1.165) is 23.4 Å². The Hall–Kier alpha value is -0.530. The third-order valence-corrected chi connectivity index (χ3v) is 4.87. The molecule has 0 saturated heterocycles. The molecule has 86 valence electrons. The predicted molar refractivity (Wildman–Crippen MR) is 67.6 cm³/mol. The second-order valence-corrected chi connectivity index (χ2v) is 5.75. The molecule has 4 atom stereocenters. The average molecular weight is 236 g/mol. The summed E-state index contributed by atoms with van der Waals surface area (Å²) in [6.07, 6.45) is 4.19. The molecule has 2 bridgehead atoms. The van der Waals surface area contributed by atoms with Crippen LogP contribution in [0.3, 0.4) is 0 Å². The van der Waals surface area contributed by atoms with Crippen molar-refractivity contribution in [1.29, 1.82) is 0 Å². The van der Waals surface area contributed by atoms with Gasteiger partial charge in [0.25, 0.3) is 0 Å². The lowest BCUT2D eigenvalue weighted by molar-refractivity contribution is 0.295. The SMILES string of the molecule is NC[C@@H]1[C@@H]2CC[C@@H](C2)[C@@H]1c1ccc(Cl)cc1. The number of hydrogen-bond donors (Lipinski definition) is 1. The van der Waals surface area contributed by atoms with Crippen molar-refractivity contribution >= 4 is 11.6 Å². The zero-order valence-corrected chi connectivity index (χ0v) is 10.2. The first-order valence-electron chi connectivity index (χ1n) is 6.25. The average Bonchev–Trinajstić information content (AvgIpc) is 2.89. The molecule has 0 spiro atoms. The molecule has 16 heavy (non-hydrogen) atoms. The van der Waals surface area contributed by atoms with E-state index in [-0.39, 0.29) is 0 Å². The fourth-order valence-electron chi connectivity index (χ4n) is 3.95. The molecule has 2 aliphatic carbocycles. The van der Waals surface area contributed by atoms with Gasteiger partial charge in [0.15, 0.2) is 0 Å². The van der Waals surface area contributed by atoms with Crippen LogP contribution in [0, 0.1) is 17.8 Å². The predicted octanol–water partition coefficient (Wildman–Crippen LogP) is 3.43. The molecular weight excluding hydrogens is 218 g/mol. The molecule has 2 heteroatoms. The van der Waals surface area contributed by atoms with Crippen LogP contribution < -0.4 is 5.73 Å². The molecule has 1 nitrogen and oxygen atoms in total. The molecule has 0 unspecified atom stereocenters. The quantitative estimate of drug-likeness (QED) is 0.835. The van der Waals surface area contributed by atoms with Crippen molar-refractivity contribution in [3.8, 4) is 0 Å². The summed E-state index contributed by atoms with van der Waals surface area (Å²) in [5, 5.41) is 0.830. The van der Waals surface area contributed by atoms with E-state index in [9.17, 15) is 0 Å². The van der Waals surface area contributed by atoms with E-state index in [0.29, 0.717) is 11.8 Å². The van der Waals surface area contributed by atoms with Crippen LogP contribution in [-0.4, -0.2) is 6.54 Å². The molecule has 0 amide bonds. The van der Waals surface area contributed by atoms with Gasteiger partial charge in [-0.15, -0.1) is 0 Å². The molecule has 0 aliphatic heterocycles. The minimum atomic E-state index is 0.695. The van der Waals surface area contributed by atoms with Crippen molar-refractivity contribution < 1.29 is 0 Å². The van der Waals surface area contributed by atoms with E-state index in [1.54, 1.807) is 0 Å². The molecular formula is C14H18ClN. The van der Waals surface area contributed by atoms with E-state index in [2.05, 4.69) is 12.1 Å². The highest BCUT2D eigenvalue weighted by atomic mass is 35.5. The first-order chi connectivity index (χ1) is 7.79. The highest BCUT2D eigenvalue weighted by Crippen LogP contribution is 2.56. The van der Waals surface area contributed by atoms with E-state index < -0.39 is 0 Å². The van der Waals surface area contributed by atoms with Crippen molar-refractivity contribution in [1.82, 2.24) is 0 Å². The zero-order valence-electron chi connectivity index (χ0n) is 9.40. The van der Waals surface area contributed by atoms with E-state index in [1.165, 1.54) is 24.8 Å². The van der Waals surface area contributed by atoms with Gasteiger partial charge >= 0.3 is 0 Å². The maximum Gasteiger partial charge on any atom is 0.0406 e. The van der Waals surface area contributed by atoms with Crippen molar-refractivity contribution in [3.63, 3.8) is 0 Å². The van der Waals surface area contributed by atoms with Gasteiger partial charge in [0.05, 0.1) is 0 Å². The lowest BCUT2D eigenvalue weighted by Gasteiger charge is -2.30. The highest BCUT2D eigenvalue weighted by Gasteiger charge is 2.47. The summed E-state index contributed by atoms with van der Waals surface area (Å²) in [7, 11) is 0.